The standard InChI is InChI=1S/C16H11ClI2N2O3S/c1-7-2-3-8(4-11(7)17)14(22)21-16(25)20-13-10(15(23)24)5-9(18)6-12(13)19/h2-6H,1H3,(H,23,24)(H2,20,21,22,25). The van der Waals surface area contributed by atoms with Crippen molar-refractivity contribution in [2.75, 3.05) is 5.32 Å². The summed E-state index contributed by atoms with van der Waals surface area (Å²) in [6.07, 6.45) is 0. The second kappa shape index (κ2) is 8.60. The minimum atomic E-state index is -1.08. The number of hydrogen-bond acceptors (Lipinski definition) is 3. The van der Waals surface area contributed by atoms with Crippen LogP contribution in [0, 0.1) is 14.1 Å². The summed E-state index contributed by atoms with van der Waals surface area (Å²) in [5.41, 5.74) is 1.63. The molecule has 0 saturated heterocycles. The van der Waals surface area contributed by atoms with Crippen LogP contribution in [-0.4, -0.2) is 22.1 Å². The van der Waals surface area contributed by atoms with Crippen LogP contribution in [0.3, 0.4) is 0 Å². The number of aromatic carboxylic acids is 1. The lowest BCUT2D eigenvalue weighted by atomic mass is 10.1. The molecule has 0 bridgehead atoms. The predicted octanol–water partition coefficient (Wildman–Crippen LogP) is 4.68. The smallest absolute Gasteiger partial charge is 0.337 e. The molecule has 25 heavy (non-hydrogen) atoms. The van der Waals surface area contributed by atoms with Gasteiger partial charge in [-0.2, -0.15) is 0 Å². The topological polar surface area (TPSA) is 78.4 Å². The van der Waals surface area contributed by atoms with Gasteiger partial charge in [0.15, 0.2) is 5.11 Å². The number of rotatable bonds is 3. The summed E-state index contributed by atoms with van der Waals surface area (Å²) in [5, 5.41) is 15.1. The van der Waals surface area contributed by atoms with Crippen molar-refractivity contribution in [1.29, 1.82) is 0 Å². The highest BCUT2D eigenvalue weighted by Gasteiger charge is 2.17. The summed E-state index contributed by atoms with van der Waals surface area (Å²) in [5.74, 6) is -1.52. The largest absolute Gasteiger partial charge is 0.478 e. The summed E-state index contributed by atoms with van der Waals surface area (Å²) in [7, 11) is 0. The molecular weight excluding hydrogens is 590 g/mol. The third kappa shape index (κ3) is 5.25. The Balaban J connectivity index is 2.19. The molecule has 3 N–H and O–H groups in total. The number of nitrogens with one attached hydrogen (secondary N) is 2. The van der Waals surface area contributed by atoms with Gasteiger partial charge in [0.25, 0.3) is 5.91 Å². The van der Waals surface area contributed by atoms with E-state index in [0.717, 1.165) is 9.13 Å². The average molecular weight is 601 g/mol. The predicted molar refractivity (Wildman–Crippen MR) is 119 cm³/mol. The van der Waals surface area contributed by atoms with Crippen molar-refractivity contribution in [2.24, 2.45) is 0 Å². The Kier molecular flexibility index (Phi) is 7.00. The van der Waals surface area contributed by atoms with Gasteiger partial charge in [0.1, 0.15) is 0 Å². The second-order valence-electron chi connectivity index (χ2n) is 4.99. The van der Waals surface area contributed by atoms with E-state index < -0.39 is 11.9 Å². The molecule has 2 aromatic rings. The van der Waals surface area contributed by atoms with Crippen molar-refractivity contribution in [3.8, 4) is 0 Å². The van der Waals surface area contributed by atoms with Gasteiger partial charge >= 0.3 is 5.97 Å². The zero-order valence-electron chi connectivity index (χ0n) is 12.7. The van der Waals surface area contributed by atoms with Gasteiger partial charge in [0.2, 0.25) is 0 Å². The van der Waals surface area contributed by atoms with Crippen molar-refractivity contribution in [2.45, 2.75) is 6.92 Å². The SMILES string of the molecule is Cc1ccc(C(=O)NC(=S)Nc2c(I)cc(I)cc2C(=O)O)cc1Cl. The van der Waals surface area contributed by atoms with Gasteiger partial charge < -0.3 is 10.4 Å². The van der Waals surface area contributed by atoms with Crippen molar-refractivity contribution >= 4 is 91.7 Å². The van der Waals surface area contributed by atoms with E-state index in [1.807, 2.05) is 52.1 Å². The van der Waals surface area contributed by atoms with E-state index in [9.17, 15) is 14.7 Å². The number of carbonyl (C=O) groups is 2. The lowest BCUT2D eigenvalue weighted by Crippen LogP contribution is -2.34. The Morgan fingerprint density at radius 1 is 1.20 bits per heavy atom. The van der Waals surface area contributed by atoms with Crippen LogP contribution in [-0.2, 0) is 0 Å². The van der Waals surface area contributed by atoms with Crippen LogP contribution in [0.5, 0.6) is 0 Å². The maximum atomic E-state index is 12.3. The Bertz CT molecular complexity index is 890. The van der Waals surface area contributed by atoms with Crippen molar-refractivity contribution in [3.63, 3.8) is 0 Å². The highest BCUT2D eigenvalue weighted by Crippen LogP contribution is 2.26. The number of anilines is 1. The van der Waals surface area contributed by atoms with Crippen molar-refractivity contribution < 1.29 is 14.7 Å². The van der Waals surface area contributed by atoms with Gasteiger partial charge in [-0.05, 0) is 94.2 Å². The molecule has 0 fully saturated rings. The van der Waals surface area contributed by atoms with E-state index >= 15 is 0 Å². The third-order valence-corrected chi connectivity index (χ3v) is 5.27. The summed E-state index contributed by atoms with van der Waals surface area (Å²) in [6, 6.07) is 8.25. The quantitative estimate of drug-likeness (QED) is 0.353. The third-order valence-electron chi connectivity index (χ3n) is 3.19. The van der Waals surface area contributed by atoms with Crippen LogP contribution in [0.1, 0.15) is 26.3 Å². The number of carboxylic acid groups (broad SMARTS) is 1. The first-order chi connectivity index (χ1) is 11.7. The molecule has 0 aliphatic rings. The minimum absolute atomic E-state index is 0.00308. The maximum Gasteiger partial charge on any atom is 0.337 e. The first-order valence-corrected chi connectivity index (χ1v) is 9.74. The summed E-state index contributed by atoms with van der Waals surface area (Å²) >= 11 is 15.2. The van der Waals surface area contributed by atoms with Crippen LogP contribution >= 0.6 is 69.0 Å². The fourth-order valence-corrected chi connectivity index (χ4v) is 4.28. The summed E-state index contributed by atoms with van der Waals surface area (Å²) < 4.78 is 1.46. The number of thiocarbonyl (C=S) groups is 1. The molecule has 5 nitrogen and oxygen atoms in total. The molecule has 0 unspecified atom stereocenters. The number of carboxylic acids is 1. The number of halogens is 3. The van der Waals surface area contributed by atoms with E-state index in [4.69, 9.17) is 23.8 Å². The molecule has 0 heterocycles. The molecule has 1 amide bonds. The monoisotopic (exact) mass is 600 g/mol. The highest BCUT2D eigenvalue weighted by atomic mass is 127. The molecule has 0 aromatic heterocycles. The Morgan fingerprint density at radius 2 is 1.88 bits per heavy atom. The molecule has 130 valence electrons. The van der Waals surface area contributed by atoms with E-state index in [1.54, 1.807) is 24.3 Å². The molecule has 0 saturated carbocycles. The average Bonchev–Trinajstić information content (AvgIpc) is 2.52. The van der Waals surface area contributed by atoms with E-state index in [2.05, 4.69) is 10.6 Å². The summed E-state index contributed by atoms with van der Waals surface area (Å²) in [6.45, 7) is 1.84. The Hall–Kier alpha value is -0.980. The lowest BCUT2D eigenvalue weighted by molar-refractivity contribution is 0.0697. The zero-order valence-corrected chi connectivity index (χ0v) is 18.6. The van der Waals surface area contributed by atoms with Crippen LogP contribution in [0.25, 0.3) is 0 Å². The van der Waals surface area contributed by atoms with Crippen LogP contribution in [0.2, 0.25) is 5.02 Å². The van der Waals surface area contributed by atoms with E-state index in [0.29, 0.717) is 19.8 Å². The molecule has 9 heteroatoms. The molecule has 0 atom stereocenters. The van der Waals surface area contributed by atoms with Gasteiger partial charge in [0, 0.05) is 17.7 Å². The Morgan fingerprint density at radius 3 is 2.48 bits per heavy atom. The molecule has 0 aliphatic heterocycles. The fraction of sp³-hybridized carbons (Fsp3) is 0.0625. The van der Waals surface area contributed by atoms with Crippen LogP contribution in [0.15, 0.2) is 30.3 Å². The first-order valence-electron chi connectivity index (χ1n) is 6.80. The normalized spacial score (nSPS) is 10.2. The molecular formula is C16H11ClI2N2O3S. The van der Waals surface area contributed by atoms with Gasteiger partial charge in [-0.15, -0.1) is 0 Å². The van der Waals surface area contributed by atoms with Gasteiger partial charge in [-0.3, -0.25) is 10.1 Å². The number of carbonyl (C=O) groups excluding carboxylic acids is 1. The van der Waals surface area contributed by atoms with E-state index in [-0.39, 0.29) is 10.7 Å². The minimum Gasteiger partial charge on any atom is -0.478 e. The zero-order chi connectivity index (χ0) is 18.7. The number of hydrogen-bond donors (Lipinski definition) is 3. The second-order valence-corrected chi connectivity index (χ2v) is 8.21. The summed E-state index contributed by atoms with van der Waals surface area (Å²) in [4.78, 5) is 23.7. The molecule has 2 rings (SSSR count). The van der Waals surface area contributed by atoms with Crippen LogP contribution < -0.4 is 10.6 Å². The molecule has 2 aromatic carbocycles. The van der Waals surface area contributed by atoms with E-state index in [1.165, 1.54) is 6.07 Å². The van der Waals surface area contributed by atoms with Gasteiger partial charge in [-0.25, -0.2) is 4.79 Å². The van der Waals surface area contributed by atoms with Gasteiger partial charge in [-0.1, -0.05) is 17.7 Å². The molecule has 0 radical (unpaired) electrons. The van der Waals surface area contributed by atoms with Crippen LogP contribution in [0.4, 0.5) is 5.69 Å². The van der Waals surface area contributed by atoms with Crippen molar-refractivity contribution in [1.82, 2.24) is 5.32 Å². The lowest BCUT2D eigenvalue weighted by Gasteiger charge is -2.14. The first kappa shape index (κ1) is 20.3. The van der Waals surface area contributed by atoms with Gasteiger partial charge in [0.05, 0.1) is 11.3 Å². The number of aryl methyl sites for hydroxylation is 1. The Labute approximate surface area is 181 Å². The fourth-order valence-electron chi connectivity index (χ4n) is 1.92. The highest BCUT2D eigenvalue weighted by molar-refractivity contribution is 14.1. The molecule has 0 aliphatic carbocycles. The number of benzene rings is 2. The van der Waals surface area contributed by atoms with Crippen molar-refractivity contribution in [3.05, 3.63) is 59.2 Å². The number of amides is 1. The molecule has 0 spiro atoms. The maximum absolute atomic E-state index is 12.3.